The Kier molecular flexibility index (Phi) is 5.90. The molecule has 0 spiro atoms. The number of nitrogens with zero attached hydrogens (tertiary/aromatic N) is 3. The first-order valence-electron chi connectivity index (χ1n) is 6.39. The average molecular weight is 440 g/mol. The fourth-order valence-corrected chi connectivity index (χ4v) is 3.04. The van der Waals surface area contributed by atoms with Crippen LogP contribution in [-0.4, -0.2) is 40.4 Å². The predicted molar refractivity (Wildman–Crippen MR) is 94.0 cm³/mol. The van der Waals surface area contributed by atoms with E-state index in [4.69, 9.17) is 23.2 Å². The van der Waals surface area contributed by atoms with Gasteiger partial charge in [0.15, 0.2) is 0 Å². The molecular weight excluding hydrogens is 424 g/mol. The second kappa shape index (κ2) is 7.28. The fourth-order valence-electron chi connectivity index (χ4n) is 1.99. The molecule has 0 aliphatic heterocycles. The SMILES string of the molecule is CN(C)CCn1ncc(Cl)c1C(O)c1cc(Cl)ccc1I. The minimum absolute atomic E-state index is 0.456. The Morgan fingerprint density at radius 3 is 2.76 bits per heavy atom. The van der Waals surface area contributed by atoms with Crippen molar-refractivity contribution in [3.63, 3.8) is 0 Å². The summed E-state index contributed by atoms with van der Waals surface area (Å²) < 4.78 is 2.67. The normalized spacial score (nSPS) is 12.9. The highest BCUT2D eigenvalue weighted by Gasteiger charge is 2.22. The number of halogens is 3. The summed E-state index contributed by atoms with van der Waals surface area (Å²) in [5, 5.41) is 16.0. The van der Waals surface area contributed by atoms with Gasteiger partial charge >= 0.3 is 0 Å². The van der Waals surface area contributed by atoms with Crippen molar-refractivity contribution < 1.29 is 5.11 Å². The van der Waals surface area contributed by atoms with Crippen LogP contribution in [0, 0.1) is 3.57 Å². The molecule has 0 bridgehead atoms. The van der Waals surface area contributed by atoms with Crippen LogP contribution >= 0.6 is 45.8 Å². The van der Waals surface area contributed by atoms with Crippen LogP contribution in [0.4, 0.5) is 0 Å². The average Bonchev–Trinajstić information content (AvgIpc) is 2.79. The number of hydrogen-bond acceptors (Lipinski definition) is 3. The molecule has 0 amide bonds. The Morgan fingerprint density at radius 1 is 1.38 bits per heavy atom. The molecule has 1 heterocycles. The molecule has 0 aliphatic rings. The van der Waals surface area contributed by atoms with Gasteiger partial charge in [0.05, 0.1) is 23.5 Å². The third kappa shape index (κ3) is 4.10. The smallest absolute Gasteiger partial charge is 0.123 e. The number of aromatic nitrogens is 2. The van der Waals surface area contributed by atoms with Crippen molar-refractivity contribution in [3.05, 3.63) is 49.3 Å². The summed E-state index contributed by atoms with van der Waals surface area (Å²) in [6.45, 7) is 1.47. The largest absolute Gasteiger partial charge is 0.382 e. The molecule has 1 N–H and O–H groups in total. The van der Waals surface area contributed by atoms with E-state index >= 15 is 0 Å². The van der Waals surface area contributed by atoms with Crippen LogP contribution in [0.5, 0.6) is 0 Å². The number of hydrogen-bond donors (Lipinski definition) is 1. The van der Waals surface area contributed by atoms with Crippen molar-refractivity contribution in [1.29, 1.82) is 0 Å². The first kappa shape index (κ1) is 17.0. The lowest BCUT2D eigenvalue weighted by molar-refractivity contribution is 0.205. The second-order valence-electron chi connectivity index (χ2n) is 4.97. The second-order valence-corrected chi connectivity index (χ2v) is 6.98. The molecule has 1 atom stereocenters. The maximum atomic E-state index is 10.7. The highest BCUT2D eigenvalue weighted by molar-refractivity contribution is 14.1. The zero-order chi connectivity index (χ0) is 15.6. The molecule has 0 radical (unpaired) electrons. The van der Waals surface area contributed by atoms with Crippen molar-refractivity contribution in [2.75, 3.05) is 20.6 Å². The first-order valence-corrected chi connectivity index (χ1v) is 8.22. The maximum Gasteiger partial charge on any atom is 0.123 e. The van der Waals surface area contributed by atoms with Crippen LogP contribution in [-0.2, 0) is 6.54 Å². The van der Waals surface area contributed by atoms with Gasteiger partial charge in [0.2, 0.25) is 0 Å². The third-order valence-electron chi connectivity index (χ3n) is 3.10. The van der Waals surface area contributed by atoms with Gasteiger partial charge in [0.25, 0.3) is 0 Å². The van der Waals surface area contributed by atoms with Crippen LogP contribution < -0.4 is 0 Å². The quantitative estimate of drug-likeness (QED) is 0.725. The summed E-state index contributed by atoms with van der Waals surface area (Å²) in [5.74, 6) is 0. The molecule has 1 aromatic carbocycles. The van der Waals surface area contributed by atoms with E-state index in [1.54, 1.807) is 23.0 Å². The lowest BCUT2D eigenvalue weighted by Crippen LogP contribution is -2.21. The van der Waals surface area contributed by atoms with Crippen LogP contribution in [0.15, 0.2) is 24.4 Å². The van der Waals surface area contributed by atoms with Gasteiger partial charge in [-0.2, -0.15) is 5.10 Å². The minimum atomic E-state index is -0.854. The van der Waals surface area contributed by atoms with Gasteiger partial charge in [-0.1, -0.05) is 23.2 Å². The zero-order valence-electron chi connectivity index (χ0n) is 11.7. The molecular formula is C14H16Cl2IN3O. The van der Waals surface area contributed by atoms with Crippen LogP contribution in [0.1, 0.15) is 17.4 Å². The molecule has 21 heavy (non-hydrogen) atoms. The van der Waals surface area contributed by atoms with Crippen LogP contribution in [0.25, 0.3) is 0 Å². The number of aliphatic hydroxyl groups is 1. The Balaban J connectivity index is 2.36. The number of rotatable bonds is 5. The Morgan fingerprint density at radius 2 is 2.10 bits per heavy atom. The molecule has 2 aromatic rings. The van der Waals surface area contributed by atoms with Gasteiger partial charge in [0, 0.05) is 20.7 Å². The summed E-state index contributed by atoms with van der Waals surface area (Å²) >= 11 is 14.4. The molecule has 0 aliphatic carbocycles. The summed E-state index contributed by atoms with van der Waals surface area (Å²) in [4.78, 5) is 2.05. The monoisotopic (exact) mass is 439 g/mol. The lowest BCUT2D eigenvalue weighted by atomic mass is 10.1. The van der Waals surface area contributed by atoms with E-state index in [2.05, 4.69) is 32.6 Å². The summed E-state index contributed by atoms with van der Waals surface area (Å²) in [5.41, 5.74) is 1.33. The third-order valence-corrected chi connectivity index (χ3v) is 4.61. The van der Waals surface area contributed by atoms with Crippen molar-refractivity contribution in [2.45, 2.75) is 12.6 Å². The maximum absolute atomic E-state index is 10.7. The standard InChI is InChI=1S/C14H16Cl2IN3O/c1-19(2)5-6-20-13(11(16)8-18-20)14(21)10-7-9(15)3-4-12(10)17/h3-4,7-8,14,21H,5-6H2,1-2H3. The molecule has 7 heteroatoms. The zero-order valence-corrected chi connectivity index (χ0v) is 15.4. The number of benzene rings is 1. The van der Waals surface area contributed by atoms with Crippen LogP contribution in [0.2, 0.25) is 10.0 Å². The van der Waals surface area contributed by atoms with E-state index in [-0.39, 0.29) is 0 Å². The summed E-state index contributed by atoms with van der Waals surface area (Å²) in [6, 6.07) is 5.42. The van der Waals surface area contributed by atoms with Gasteiger partial charge in [0.1, 0.15) is 6.10 Å². The summed E-state index contributed by atoms with van der Waals surface area (Å²) in [6.07, 6.45) is 0.709. The Labute approximate surface area is 147 Å². The van der Waals surface area contributed by atoms with E-state index in [1.807, 2.05) is 20.2 Å². The van der Waals surface area contributed by atoms with Crippen molar-refractivity contribution in [3.8, 4) is 0 Å². The molecule has 4 nitrogen and oxygen atoms in total. The molecule has 0 fully saturated rings. The molecule has 114 valence electrons. The van der Waals surface area contributed by atoms with E-state index < -0.39 is 6.10 Å². The van der Waals surface area contributed by atoms with E-state index in [0.717, 1.165) is 15.7 Å². The minimum Gasteiger partial charge on any atom is -0.382 e. The van der Waals surface area contributed by atoms with Crippen molar-refractivity contribution >= 4 is 45.8 Å². The summed E-state index contributed by atoms with van der Waals surface area (Å²) in [7, 11) is 3.97. The lowest BCUT2D eigenvalue weighted by Gasteiger charge is -2.17. The highest BCUT2D eigenvalue weighted by atomic mass is 127. The highest BCUT2D eigenvalue weighted by Crippen LogP contribution is 2.32. The molecule has 2 rings (SSSR count). The number of aliphatic hydroxyl groups excluding tert-OH is 1. The van der Waals surface area contributed by atoms with E-state index in [0.29, 0.717) is 22.3 Å². The molecule has 1 unspecified atom stereocenters. The van der Waals surface area contributed by atoms with Crippen molar-refractivity contribution in [2.24, 2.45) is 0 Å². The van der Waals surface area contributed by atoms with Gasteiger partial charge in [-0.15, -0.1) is 0 Å². The van der Waals surface area contributed by atoms with E-state index in [1.165, 1.54) is 0 Å². The van der Waals surface area contributed by atoms with Crippen LogP contribution in [0.3, 0.4) is 0 Å². The topological polar surface area (TPSA) is 41.3 Å². The van der Waals surface area contributed by atoms with Gasteiger partial charge < -0.3 is 10.0 Å². The predicted octanol–water partition coefficient (Wildman–Crippen LogP) is 3.44. The van der Waals surface area contributed by atoms with Gasteiger partial charge in [-0.25, -0.2) is 0 Å². The number of likely N-dealkylation sites (N-methyl/N-ethyl adjacent to an activating group) is 1. The Bertz CT molecular complexity index is 631. The van der Waals surface area contributed by atoms with Gasteiger partial charge in [-0.3, -0.25) is 4.68 Å². The molecule has 0 saturated heterocycles. The molecule has 1 aromatic heterocycles. The fraction of sp³-hybridized carbons (Fsp3) is 0.357. The first-order chi connectivity index (χ1) is 9.90. The molecule has 0 saturated carbocycles. The Hall–Kier alpha value is -0.340. The van der Waals surface area contributed by atoms with Gasteiger partial charge in [-0.05, 0) is 54.9 Å². The van der Waals surface area contributed by atoms with Crippen molar-refractivity contribution in [1.82, 2.24) is 14.7 Å². The van der Waals surface area contributed by atoms with E-state index in [9.17, 15) is 5.11 Å².